The van der Waals surface area contributed by atoms with Crippen LogP contribution in [0, 0.1) is 5.82 Å². The molecule has 0 aliphatic heterocycles. The van der Waals surface area contributed by atoms with E-state index >= 15 is 0 Å². The molecule has 0 spiro atoms. The van der Waals surface area contributed by atoms with Crippen LogP contribution in [0.1, 0.15) is 26.3 Å². The number of carbonyl (C=O) groups is 1. The molecule has 1 aromatic rings. The number of nitrogens with zero attached hydrogens (tertiary/aromatic N) is 1. The lowest BCUT2D eigenvalue weighted by Crippen LogP contribution is -2.22. The number of carbonyl (C=O) groups excluding carboxylic acids is 1. The number of hydrogen-bond acceptors (Lipinski definition) is 3. The third-order valence-electron chi connectivity index (χ3n) is 2.75. The van der Waals surface area contributed by atoms with Gasteiger partial charge in [-0.15, -0.1) is 0 Å². The third-order valence-corrected chi connectivity index (χ3v) is 2.75. The first-order valence-electron chi connectivity index (χ1n) is 5.99. The molecule has 100 valence electrons. The maximum atomic E-state index is 13.5. The van der Waals surface area contributed by atoms with E-state index in [-0.39, 0.29) is 11.7 Å². The molecule has 0 saturated carbocycles. The van der Waals surface area contributed by atoms with Gasteiger partial charge in [-0.05, 0) is 19.2 Å². The summed E-state index contributed by atoms with van der Waals surface area (Å²) in [6, 6.07) is 2.71. The lowest BCUT2D eigenvalue weighted by Gasteiger charge is -2.19. The Balaban J connectivity index is 3.01. The first kappa shape index (κ1) is 14.4. The summed E-state index contributed by atoms with van der Waals surface area (Å²) in [5, 5.41) is 12.2. The van der Waals surface area contributed by atoms with Crippen molar-refractivity contribution < 1.29 is 14.3 Å². The standard InChI is InChI=1S/C13H19FN2O2/c1-4-16(5-2)8-10-6-11(15-9(3)17)7-12(14)13(10)18/h6-7,18H,4-5,8H2,1-3H3,(H,15,17). The number of aromatic hydroxyl groups is 1. The normalized spacial score (nSPS) is 10.7. The van der Waals surface area contributed by atoms with Crippen LogP contribution in [0.25, 0.3) is 0 Å². The average molecular weight is 254 g/mol. The highest BCUT2D eigenvalue weighted by atomic mass is 19.1. The number of benzene rings is 1. The molecule has 0 bridgehead atoms. The number of anilines is 1. The average Bonchev–Trinajstić information content (AvgIpc) is 2.31. The summed E-state index contributed by atoms with van der Waals surface area (Å²) >= 11 is 0. The van der Waals surface area contributed by atoms with E-state index < -0.39 is 5.82 Å². The van der Waals surface area contributed by atoms with Crippen molar-refractivity contribution in [3.05, 3.63) is 23.5 Å². The minimum absolute atomic E-state index is 0.270. The van der Waals surface area contributed by atoms with E-state index in [2.05, 4.69) is 5.32 Å². The van der Waals surface area contributed by atoms with Gasteiger partial charge in [0, 0.05) is 30.8 Å². The van der Waals surface area contributed by atoms with Gasteiger partial charge in [0.05, 0.1) is 0 Å². The van der Waals surface area contributed by atoms with Crippen molar-refractivity contribution in [2.24, 2.45) is 0 Å². The maximum Gasteiger partial charge on any atom is 0.221 e. The zero-order chi connectivity index (χ0) is 13.7. The van der Waals surface area contributed by atoms with Gasteiger partial charge in [0.25, 0.3) is 0 Å². The van der Waals surface area contributed by atoms with E-state index in [9.17, 15) is 14.3 Å². The molecule has 18 heavy (non-hydrogen) atoms. The number of phenolic OH excluding ortho intramolecular Hbond substituents is 1. The smallest absolute Gasteiger partial charge is 0.221 e. The lowest BCUT2D eigenvalue weighted by atomic mass is 10.1. The molecule has 0 aliphatic rings. The molecule has 1 aromatic carbocycles. The Labute approximate surface area is 106 Å². The minimum Gasteiger partial charge on any atom is -0.505 e. The number of hydrogen-bond donors (Lipinski definition) is 2. The molecule has 1 amide bonds. The molecular weight excluding hydrogens is 235 g/mol. The maximum absolute atomic E-state index is 13.5. The molecular formula is C13H19FN2O2. The summed E-state index contributed by atoms with van der Waals surface area (Å²) in [4.78, 5) is 13.0. The van der Waals surface area contributed by atoms with E-state index in [0.29, 0.717) is 17.8 Å². The minimum atomic E-state index is -0.719. The summed E-state index contributed by atoms with van der Waals surface area (Å²) in [6.07, 6.45) is 0. The molecule has 0 radical (unpaired) electrons. The van der Waals surface area contributed by atoms with Gasteiger partial charge in [0.15, 0.2) is 11.6 Å². The Morgan fingerprint density at radius 3 is 2.50 bits per heavy atom. The molecule has 1 rings (SSSR count). The number of amides is 1. The van der Waals surface area contributed by atoms with Crippen LogP contribution in [0.4, 0.5) is 10.1 Å². The van der Waals surface area contributed by atoms with Gasteiger partial charge in [0.1, 0.15) is 0 Å². The van der Waals surface area contributed by atoms with E-state index in [1.807, 2.05) is 18.7 Å². The largest absolute Gasteiger partial charge is 0.505 e. The van der Waals surface area contributed by atoms with Crippen molar-refractivity contribution in [3.63, 3.8) is 0 Å². The van der Waals surface area contributed by atoms with E-state index in [1.54, 1.807) is 6.07 Å². The van der Waals surface area contributed by atoms with Crippen molar-refractivity contribution in [2.75, 3.05) is 18.4 Å². The molecule has 4 nitrogen and oxygen atoms in total. The summed E-state index contributed by atoms with van der Waals surface area (Å²) in [5.74, 6) is -1.34. The van der Waals surface area contributed by atoms with Gasteiger partial charge in [-0.25, -0.2) is 4.39 Å². The quantitative estimate of drug-likeness (QED) is 0.793. The topological polar surface area (TPSA) is 52.6 Å². The summed E-state index contributed by atoms with van der Waals surface area (Å²) in [7, 11) is 0. The van der Waals surface area contributed by atoms with Crippen LogP contribution in [-0.2, 0) is 11.3 Å². The predicted octanol–water partition coefficient (Wildman–Crippen LogP) is 2.33. The molecule has 0 aromatic heterocycles. The second-order valence-corrected chi connectivity index (χ2v) is 4.11. The van der Waals surface area contributed by atoms with Crippen LogP contribution in [0.3, 0.4) is 0 Å². The third kappa shape index (κ3) is 3.70. The van der Waals surface area contributed by atoms with Gasteiger partial charge < -0.3 is 10.4 Å². The molecule has 0 heterocycles. The van der Waals surface area contributed by atoms with Crippen LogP contribution >= 0.6 is 0 Å². The second-order valence-electron chi connectivity index (χ2n) is 4.11. The first-order valence-corrected chi connectivity index (χ1v) is 5.99. The van der Waals surface area contributed by atoms with Crippen molar-refractivity contribution in [3.8, 4) is 5.75 Å². The number of nitrogens with one attached hydrogen (secondary N) is 1. The van der Waals surface area contributed by atoms with E-state index in [4.69, 9.17) is 0 Å². The molecule has 5 heteroatoms. The molecule has 0 unspecified atom stereocenters. The highest BCUT2D eigenvalue weighted by Gasteiger charge is 2.12. The van der Waals surface area contributed by atoms with Crippen molar-refractivity contribution >= 4 is 11.6 Å². The molecule has 0 saturated heterocycles. The highest BCUT2D eigenvalue weighted by molar-refractivity contribution is 5.88. The fourth-order valence-corrected chi connectivity index (χ4v) is 1.74. The van der Waals surface area contributed by atoms with Crippen LogP contribution in [0.5, 0.6) is 5.75 Å². The van der Waals surface area contributed by atoms with Gasteiger partial charge in [-0.2, -0.15) is 0 Å². The van der Waals surface area contributed by atoms with Gasteiger partial charge in [-0.3, -0.25) is 9.69 Å². The molecule has 0 fully saturated rings. The monoisotopic (exact) mass is 254 g/mol. The fourth-order valence-electron chi connectivity index (χ4n) is 1.74. The first-order chi connectivity index (χ1) is 8.47. The zero-order valence-corrected chi connectivity index (χ0v) is 11.0. The molecule has 0 atom stereocenters. The van der Waals surface area contributed by atoms with Crippen LogP contribution in [-0.4, -0.2) is 29.0 Å². The summed E-state index contributed by atoms with van der Waals surface area (Å²) in [6.45, 7) is 7.41. The molecule has 2 N–H and O–H groups in total. The number of rotatable bonds is 5. The van der Waals surface area contributed by atoms with Crippen molar-refractivity contribution in [2.45, 2.75) is 27.3 Å². The SMILES string of the molecule is CCN(CC)Cc1cc(NC(C)=O)cc(F)c1O. The summed E-state index contributed by atoms with van der Waals surface area (Å²) in [5.41, 5.74) is 0.836. The van der Waals surface area contributed by atoms with Gasteiger partial charge in [-0.1, -0.05) is 13.8 Å². The Bertz CT molecular complexity index is 431. The van der Waals surface area contributed by atoms with Crippen LogP contribution in [0.15, 0.2) is 12.1 Å². The van der Waals surface area contributed by atoms with Crippen LogP contribution in [0.2, 0.25) is 0 Å². The van der Waals surface area contributed by atoms with Gasteiger partial charge in [0.2, 0.25) is 5.91 Å². The van der Waals surface area contributed by atoms with Crippen LogP contribution < -0.4 is 5.32 Å². The second kappa shape index (κ2) is 6.35. The van der Waals surface area contributed by atoms with Gasteiger partial charge >= 0.3 is 0 Å². The fraction of sp³-hybridized carbons (Fsp3) is 0.462. The molecule has 0 aliphatic carbocycles. The highest BCUT2D eigenvalue weighted by Crippen LogP contribution is 2.27. The van der Waals surface area contributed by atoms with Crippen molar-refractivity contribution in [1.82, 2.24) is 4.90 Å². The number of phenols is 1. The summed E-state index contributed by atoms with van der Waals surface area (Å²) < 4.78 is 13.5. The Hall–Kier alpha value is -1.62. The zero-order valence-electron chi connectivity index (χ0n) is 11.0. The van der Waals surface area contributed by atoms with E-state index in [0.717, 1.165) is 19.2 Å². The number of halogens is 1. The van der Waals surface area contributed by atoms with E-state index in [1.165, 1.54) is 6.92 Å². The lowest BCUT2D eigenvalue weighted by molar-refractivity contribution is -0.114. The van der Waals surface area contributed by atoms with Crippen molar-refractivity contribution in [1.29, 1.82) is 0 Å². The Morgan fingerprint density at radius 1 is 1.39 bits per heavy atom. The predicted molar refractivity (Wildman–Crippen MR) is 69.0 cm³/mol. The Kier molecular flexibility index (Phi) is 5.09. The Morgan fingerprint density at radius 2 is 2.00 bits per heavy atom.